The molecule has 0 aliphatic rings. The van der Waals surface area contributed by atoms with E-state index in [4.69, 9.17) is 21.6 Å². The van der Waals surface area contributed by atoms with Crippen molar-refractivity contribution >= 4 is 11.6 Å². The Morgan fingerprint density at radius 1 is 1.11 bits per heavy atom. The van der Waals surface area contributed by atoms with Gasteiger partial charge in [0.1, 0.15) is 24.0 Å². The van der Waals surface area contributed by atoms with Crippen molar-refractivity contribution in [3.05, 3.63) is 64.2 Å². The van der Waals surface area contributed by atoms with Gasteiger partial charge >= 0.3 is 0 Å². The van der Waals surface area contributed by atoms with Gasteiger partial charge in [-0.3, -0.25) is 0 Å². The maximum atomic E-state index is 13.1. The van der Waals surface area contributed by atoms with Crippen LogP contribution in [0.25, 0.3) is 0 Å². The highest BCUT2D eigenvalue weighted by Gasteiger charge is 2.07. The third kappa shape index (κ3) is 3.21. The number of hydrogen-bond donors (Lipinski definition) is 0. The first-order valence-electron chi connectivity index (χ1n) is 5.36. The van der Waals surface area contributed by atoms with Gasteiger partial charge in [-0.2, -0.15) is 5.26 Å². The summed E-state index contributed by atoms with van der Waals surface area (Å²) in [7, 11) is 0. The van der Waals surface area contributed by atoms with Crippen molar-refractivity contribution in [2.45, 2.75) is 6.61 Å². The lowest BCUT2D eigenvalue weighted by atomic mass is 10.1. The summed E-state index contributed by atoms with van der Waals surface area (Å²) in [5, 5.41) is 9.01. The van der Waals surface area contributed by atoms with E-state index >= 15 is 0 Å². The van der Waals surface area contributed by atoms with Gasteiger partial charge in [0.05, 0.1) is 16.7 Å². The molecule has 0 N–H and O–H groups in total. The molecule has 0 radical (unpaired) electrons. The van der Waals surface area contributed by atoms with Crippen molar-refractivity contribution < 1.29 is 13.5 Å². The minimum atomic E-state index is -0.471. The first kappa shape index (κ1) is 13.3. The first-order valence-corrected chi connectivity index (χ1v) is 5.74. The van der Waals surface area contributed by atoms with Crippen molar-refractivity contribution in [1.29, 1.82) is 5.26 Å². The van der Waals surface area contributed by atoms with Crippen molar-refractivity contribution in [3.8, 4) is 11.8 Å². The van der Waals surface area contributed by atoms with Crippen LogP contribution >= 0.6 is 11.6 Å². The highest BCUT2D eigenvalue weighted by atomic mass is 35.5. The van der Waals surface area contributed by atoms with E-state index in [-0.39, 0.29) is 17.4 Å². The molecular weight excluding hydrogens is 272 g/mol. The standard InChI is InChI=1S/C14H8ClF2NO/c15-13-6-12(17)3-4-14(13)19-8-10-5-11(16)2-1-9(10)7-18/h1-6H,8H2. The molecule has 0 aromatic heterocycles. The van der Waals surface area contributed by atoms with Gasteiger partial charge in [0.25, 0.3) is 0 Å². The molecule has 96 valence electrons. The maximum absolute atomic E-state index is 13.1. The van der Waals surface area contributed by atoms with Crippen LogP contribution in [0, 0.1) is 23.0 Å². The molecule has 2 nitrogen and oxygen atoms in total. The predicted octanol–water partition coefficient (Wildman–Crippen LogP) is 4.07. The minimum Gasteiger partial charge on any atom is -0.487 e. The Labute approximate surface area is 113 Å². The van der Waals surface area contributed by atoms with Gasteiger partial charge in [-0.1, -0.05) is 11.6 Å². The molecule has 5 heteroatoms. The molecule has 0 aliphatic carbocycles. The highest BCUT2D eigenvalue weighted by Crippen LogP contribution is 2.26. The molecule has 0 aliphatic heterocycles. The lowest BCUT2D eigenvalue weighted by molar-refractivity contribution is 0.305. The van der Waals surface area contributed by atoms with Crippen molar-refractivity contribution in [2.75, 3.05) is 0 Å². The number of benzene rings is 2. The quantitative estimate of drug-likeness (QED) is 0.848. The highest BCUT2D eigenvalue weighted by molar-refractivity contribution is 6.32. The Morgan fingerprint density at radius 3 is 2.47 bits per heavy atom. The lowest BCUT2D eigenvalue weighted by Crippen LogP contribution is -1.99. The van der Waals surface area contributed by atoms with E-state index < -0.39 is 11.6 Å². The van der Waals surface area contributed by atoms with E-state index in [1.807, 2.05) is 6.07 Å². The van der Waals surface area contributed by atoms with E-state index in [9.17, 15) is 8.78 Å². The molecular formula is C14H8ClF2NO. The van der Waals surface area contributed by atoms with E-state index in [2.05, 4.69) is 0 Å². The van der Waals surface area contributed by atoms with Gasteiger partial charge in [0.15, 0.2) is 0 Å². The summed E-state index contributed by atoms with van der Waals surface area (Å²) in [6, 6.07) is 9.44. The number of nitrogens with zero attached hydrogens (tertiary/aromatic N) is 1. The second kappa shape index (κ2) is 5.68. The van der Waals surface area contributed by atoms with Gasteiger partial charge in [-0.25, -0.2) is 8.78 Å². The number of ether oxygens (including phenoxy) is 1. The minimum absolute atomic E-state index is 0.0218. The topological polar surface area (TPSA) is 33.0 Å². The zero-order valence-corrected chi connectivity index (χ0v) is 10.4. The fourth-order valence-corrected chi connectivity index (χ4v) is 1.76. The van der Waals surface area contributed by atoms with Crippen LogP contribution in [0.4, 0.5) is 8.78 Å². The van der Waals surface area contributed by atoms with Gasteiger partial charge in [-0.05, 0) is 36.4 Å². The molecule has 0 atom stereocenters. The second-order valence-electron chi connectivity index (χ2n) is 3.78. The fourth-order valence-electron chi connectivity index (χ4n) is 1.54. The van der Waals surface area contributed by atoms with Crippen LogP contribution in [0.1, 0.15) is 11.1 Å². The monoisotopic (exact) mass is 279 g/mol. The summed E-state index contributed by atoms with van der Waals surface area (Å²) in [4.78, 5) is 0. The maximum Gasteiger partial charge on any atom is 0.138 e. The Balaban J connectivity index is 2.19. The summed E-state index contributed by atoms with van der Waals surface area (Å²) < 4.78 is 31.3. The van der Waals surface area contributed by atoms with Crippen LogP contribution in [-0.4, -0.2) is 0 Å². The molecule has 0 heterocycles. The third-order valence-electron chi connectivity index (χ3n) is 2.46. The molecule has 0 spiro atoms. The van der Waals surface area contributed by atoms with Crippen LogP contribution in [0.2, 0.25) is 5.02 Å². The fraction of sp³-hybridized carbons (Fsp3) is 0.0714. The predicted molar refractivity (Wildman–Crippen MR) is 66.9 cm³/mol. The summed E-state index contributed by atoms with van der Waals surface area (Å²) in [6.07, 6.45) is 0. The van der Waals surface area contributed by atoms with Crippen LogP contribution in [-0.2, 0) is 6.61 Å². The van der Waals surface area contributed by atoms with E-state index in [1.54, 1.807) is 0 Å². The van der Waals surface area contributed by atoms with Gasteiger partial charge in [0.2, 0.25) is 0 Å². The van der Waals surface area contributed by atoms with Crippen molar-refractivity contribution in [3.63, 3.8) is 0 Å². The van der Waals surface area contributed by atoms with Crippen LogP contribution in [0.5, 0.6) is 5.75 Å². The summed E-state index contributed by atoms with van der Waals surface area (Å²) in [5.74, 6) is -0.653. The molecule has 0 saturated heterocycles. The number of halogens is 3. The van der Waals surface area contributed by atoms with Gasteiger partial charge < -0.3 is 4.74 Å². The zero-order chi connectivity index (χ0) is 13.8. The van der Waals surface area contributed by atoms with E-state index in [1.165, 1.54) is 30.3 Å². The molecule has 2 aromatic carbocycles. The Morgan fingerprint density at radius 2 is 1.79 bits per heavy atom. The van der Waals surface area contributed by atoms with E-state index in [0.29, 0.717) is 11.1 Å². The molecule has 0 fully saturated rings. The normalized spacial score (nSPS) is 10.0. The average Bonchev–Trinajstić information content (AvgIpc) is 2.38. The van der Waals surface area contributed by atoms with Crippen molar-refractivity contribution in [1.82, 2.24) is 0 Å². The van der Waals surface area contributed by atoms with Crippen LogP contribution in [0.3, 0.4) is 0 Å². The molecule has 0 saturated carbocycles. The summed E-state index contributed by atoms with van der Waals surface area (Å²) >= 11 is 5.80. The molecule has 19 heavy (non-hydrogen) atoms. The lowest BCUT2D eigenvalue weighted by Gasteiger charge is -2.09. The van der Waals surface area contributed by atoms with Gasteiger partial charge in [-0.15, -0.1) is 0 Å². The van der Waals surface area contributed by atoms with Crippen molar-refractivity contribution in [2.24, 2.45) is 0 Å². The number of hydrogen-bond acceptors (Lipinski definition) is 2. The Kier molecular flexibility index (Phi) is 3.98. The van der Waals surface area contributed by atoms with Crippen LogP contribution in [0.15, 0.2) is 36.4 Å². The zero-order valence-electron chi connectivity index (χ0n) is 9.66. The molecule has 0 unspecified atom stereocenters. The second-order valence-corrected chi connectivity index (χ2v) is 4.18. The smallest absolute Gasteiger partial charge is 0.138 e. The summed E-state index contributed by atoms with van der Waals surface area (Å²) in [5.41, 5.74) is 0.725. The SMILES string of the molecule is N#Cc1ccc(F)cc1COc1ccc(F)cc1Cl. The molecule has 0 bridgehead atoms. The molecule has 0 amide bonds. The largest absolute Gasteiger partial charge is 0.487 e. The molecule has 2 rings (SSSR count). The molecule has 2 aromatic rings. The summed E-state index contributed by atoms with van der Waals surface area (Å²) in [6.45, 7) is -0.0218. The van der Waals surface area contributed by atoms with Crippen LogP contribution < -0.4 is 4.74 Å². The Hall–Kier alpha value is -2.12. The Bertz CT molecular complexity index is 652. The number of rotatable bonds is 3. The number of nitriles is 1. The first-order chi connectivity index (χ1) is 9.10. The van der Waals surface area contributed by atoms with Gasteiger partial charge in [0, 0.05) is 5.56 Å². The average molecular weight is 280 g/mol. The van der Waals surface area contributed by atoms with E-state index in [0.717, 1.165) is 6.07 Å². The third-order valence-corrected chi connectivity index (χ3v) is 2.76.